The summed E-state index contributed by atoms with van der Waals surface area (Å²) in [6.07, 6.45) is 1.53. The number of hydrogen-bond acceptors (Lipinski definition) is 3. The van der Waals surface area contributed by atoms with E-state index in [0.717, 1.165) is 6.42 Å². The first-order valence-electron chi connectivity index (χ1n) is 9.05. The Morgan fingerprint density at radius 2 is 1.96 bits per heavy atom. The molecule has 0 bridgehead atoms. The molecule has 0 aromatic heterocycles. The van der Waals surface area contributed by atoms with E-state index in [-0.39, 0.29) is 11.8 Å². The average molecular weight is 387 g/mol. The summed E-state index contributed by atoms with van der Waals surface area (Å²) in [7, 11) is 1.74. The molecule has 142 valence electrons. The predicted molar refractivity (Wildman–Crippen MR) is 105 cm³/mol. The molecule has 2 aromatic carbocycles. The van der Waals surface area contributed by atoms with Gasteiger partial charge in [0.05, 0.1) is 6.54 Å². The molecular formula is C21H23ClN2O3. The van der Waals surface area contributed by atoms with E-state index in [1.807, 2.05) is 30.3 Å². The highest BCUT2D eigenvalue weighted by Gasteiger charge is 2.35. The summed E-state index contributed by atoms with van der Waals surface area (Å²) in [5.41, 5.74) is 0.615. The van der Waals surface area contributed by atoms with Gasteiger partial charge in [-0.1, -0.05) is 35.9 Å². The summed E-state index contributed by atoms with van der Waals surface area (Å²) in [6.45, 7) is 1.41. The maximum absolute atomic E-state index is 12.8. The van der Waals surface area contributed by atoms with Crippen LogP contribution in [0.1, 0.15) is 23.2 Å². The highest BCUT2D eigenvalue weighted by Crippen LogP contribution is 2.22. The molecule has 1 heterocycles. The molecule has 2 amide bonds. The minimum Gasteiger partial charge on any atom is -0.492 e. The van der Waals surface area contributed by atoms with Gasteiger partial charge in [-0.2, -0.15) is 0 Å². The summed E-state index contributed by atoms with van der Waals surface area (Å²) in [5, 5.41) is 0.609. The Morgan fingerprint density at radius 3 is 2.70 bits per heavy atom. The van der Waals surface area contributed by atoms with Crippen LogP contribution in [-0.2, 0) is 4.79 Å². The van der Waals surface area contributed by atoms with Crippen LogP contribution >= 0.6 is 11.6 Å². The molecule has 1 atom stereocenters. The van der Waals surface area contributed by atoms with Crippen LogP contribution in [0.15, 0.2) is 54.6 Å². The van der Waals surface area contributed by atoms with E-state index in [4.69, 9.17) is 16.3 Å². The maximum Gasteiger partial charge on any atom is 0.254 e. The Hall–Kier alpha value is -2.53. The van der Waals surface area contributed by atoms with E-state index >= 15 is 0 Å². The van der Waals surface area contributed by atoms with Gasteiger partial charge in [0.15, 0.2) is 0 Å². The normalized spacial score (nSPS) is 16.2. The van der Waals surface area contributed by atoms with Gasteiger partial charge in [-0.3, -0.25) is 9.59 Å². The van der Waals surface area contributed by atoms with Crippen molar-refractivity contribution in [3.8, 4) is 5.75 Å². The van der Waals surface area contributed by atoms with Crippen LogP contribution in [0.2, 0.25) is 5.02 Å². The SMILES string of the molecule is CN(CCOc1cccc(Cl)c1)C(=O)C1CCCN1C(=O)c1ccccc1. The fourth-order valence-electron chi connectivity index (χ4n) is 3.23. The highest BCUT2D eigenvalue weighted by molar-refractivity contribution is 6.30. The number of rotatable bonds is 6. The fourth-order valence-corrected chi connectivity index (χ4v) is 3.42. The van der Waals surface area contributed by atoms with Crippen molar-refractivity contribution >= 4 is 23.4 Å². The van der Waals surface area contributed by atoms with Gasteiger partial charge in [-0.15, -0.1) is 0 Å². The third kappa shape index (κ3) is 4.80. The molecule has 0 saturated carbocycles. The second-order valence-corrected chi connectivity index (χ2v) is 7.02. The van der Waals surface area contributed by atoms with Crippen molar-refractivity contribution in [3.05, 3.63) is 65.2 Å². The lowest BCUT2D eigenvalue weighted by Gasteiger charge is -2.28. The van der Waals surface area contributed by atoms with Crippen LogP contribution in [-0.4, -0.2) is 54.4 Å². The molecule has 6 heteroatoms. The molecule has 1 aliphatic rings. The number of nitrogens with zero attached hydrogens (tertiary/aromatic N) is 2. The van der Waals surface area contributed by atoms with Gasteiger partial charge in [0.25, 0.3) is 5.91 Å². The monoisotopic (exact) mass is 386 g/mol. The number of amides is 2. The molecule has 0 N–H and O–H groups in total. The second kappa shape index (κ2) is 8.91. The standard InChI is InChI=1S/C21H23ClN2O3/c1-23(13-14-27-18-10-5-9-17(22)15-18)21(26)19-11-6-12-24(19)20(25)16-7-3-2-4-8-16/h2-5,7-10,15,19H,6,11-14H2,1H3. The van der Waals surface area contributed by atoms with E-state index in [0.29, 0.717) is 42.5 Å². The first-order chi connectivity index (χ1) is 13.1. The largest absolute Gasteiger partial charge is 0.492 e. The number of likely N-dealkylation sites (N-methyl/N-ethyl adjacent to an activating group) is 1. The maximum atomic E-state index is 12.8. The Kier molecular flexibility index (Phi) is 6.35. The lowest BCUT2D eigenvalue weighted by atomic mass is 10.1. The topological polar surface area (TPSA) is 49.9 Å². The van der Waals surface area contributed by atoms with Crippen molar-refractivity contribution in [3.63, 3.8) is 0 Å². The summed E-state index contributed by atoms with van der Waals surface area (Å²) >= 11 is 5.94. The predicted octanol–water partition coefficient (Wildman–Crippen LogP) is 3.48. The zero-order chi connectivity index (χ0) is 19.2. The van der Waals surface area contributed by atoms with Crippen LogP contribution in [0.5, 0.6) is 5.75 Å². The molecule has 27 heavy (non-hydrogen) atoms. The van der Waals surface area contributed by atoms with E-state index in [1.54, 1.807) is 41.1 Å². The Bertz CT molecular complexity index is 797. The van der Waals surface area contributed by atoms with Crippen LogP contribution in [0, 0.1) is 0 Å². The van der Waals surface area contributed by atoms with E-state index < -0.39 is 6.04 Å². The van der Waals surface area contributed by atoms with Crippen LogP contribution in [0.3, 0.4) is 0 Å². The minimum absolute atomic E-state index is 0.0496. The van der Waals surface area contributed by atoms with Crippen molar-refractivity contribution in [1.82, 2.24) is 9.80 Å². The number of benzene rings is 2. The number of likely N-dealkylation sites (tertiary alicyclic amines) is 1. The number of carbonyl (C=O) groups excluding carboxylic acids is 2. The van der Waals surface area contributed by atoms with Crippen molar-refractivity contribution < 1.29 is 14.3 Å². The van der Waals surface area contributed by atoms with Gasteiger partial charge in [-0.25, -0.2) is 0 Å². The number of ether oxygens (including phenoxy) is 1. The third-order valence-electron chi connectivity index (χ3n) is 4.69. The van der Waals surface area contributed by atoms with Crippen LogP contribution < -0.4 is 4.74 Å². The quantitative estimate of drug-likeness (QED) is 0.763. The molecule has 1 saturated heterocycles. The van der Waals surface area contributed by atoms with Crippen molar-refractivity contribution in [2.45, 2.75) is 18.9 Å². The summed E-state index contributed by atoms with van der Waals surface area (Å²) < 4.78 is 5.66. The number of hydrogen-bond donors (Lipinski definition) is 0. The minimum atomic E-state index is -0.408. The van der Waals surface area contributed by atoms with Crippen molar-refractivity contribution in [1.29, 1.82) is 0 Å². The zero-order valence-corrected chi connectivity index (χ0v) is 16.1. The van der Waals surface area contributed by atoms with E-state index in [1.165, 1.54) is 0 Å². The van der Waals surface area contributed by atoms with Gasteiger partial charge in [0.2, 0.25) is 5.91 Å². The Balaban J connectivity index is 1.56. The molecule has 1 fully saturated rings. The molecule has 1 unspecified atom stereocenters. The second-order valence-electron chi connectivity index (χ2n) is 6.59. The van der Waals surface area contributed by atoms with Crippen molar-refractivity contribution in [2.75, 3.05) is 26.7 Å². The van der Waals surface area contributed by atoms with Crippen LogP contribution in [0.4, 0.5) is 0 Å². The van der Waals surface area contributed by atoms with Crippen molar-refractivity contribution in [2.24, 2.45) is 0 Å². The van der Waals surface area contributed by atoms with E-state index in [9.17, 15) is 9.59 Å². The molecule has 2 aromatic rings. The number of carbonyl (C=O) groups is 2. The van der Waals surface area contributed by atoms with Gasteiger partial charge >= 0.3 is 0 Å². The molecule has 5 nitrogen and oxygen atoms in total. The highest BCUT2D eigenvalue weighted by atomic mass is 35.5. The Labute approximate surface area is 164 Å². The average Bonchev–Trinajstić information content (AvgIpc) is 3.17. The van der Waals surface area contributed by atoms with Gasteiger partial charge in [-0.05, 0) is 43.2 Å². The Morgan fingerprint density at radius 1 is 1.19 bits per heavy atom. The van der Waals surface area contributed by atoms with Gasteiger partial charge < -0.3 is 14.5 Å². The fraction of sp³-hybridized carbons (Fsp3) is 0.333. The zero-order valence-electron chi connectivity index (χ0n) is 15.3. The summed E-state index contributed by atoms with van der Waals surface area (Å²) in [5.74, 6) is 0.534. The molecule has 3 rings (SSSR count). The lowest BCUT2D eigenvalue weighted by Crippen LogP contribution is -2.47. The lowest BCUT2D eigenvalue weighted by molar-refractivity contribution is -0.134. The first kappa shape index (κ1) is 19.2. The first-order valence-corrected chi connectivity index (χ1v) is 9.43. The summed E-state index contributed by atoms with van der Waals surface area (Å²) in [6, 6.07) is 15.9. The summed E-state index contributed by atoms with van der Waals surface area (Å²) in [4.78, 5) is 28.9. The van der Waals surface area contributed by atoms with Gasteiger partial charge in [0.1, 0.15) is 18.4 Å². The third-order valence-corrected chi connectivity index (χ3v) is 4.92. The molecular weight excluding hydrogens is 364 g/mol. The number of halogens is 1. The molecule has 0 radical (unpaired) electrons. The molecule has 1 aliphatic heterocycles. The molecule has 0 aliphatic carbocycles. The molecule has 0 spiro atoms. The van der Waals surface area contributed by atoms with E-state index in [2.05, 4.69) is 0 Å². The van der Waals surface area contributed by atoms with Crippen LogP contribution in [0.25, 0.3) is 0 Å². The van der Waals surface area contributed by atoms with Gasteiger partial charge in [0, 0.05) is 24.2 Å². The smallest absolute Gasteiger partial charge is 0.254 e.